The molecule has 1 fully saturated rings. The lowest BCUT2D eigenvalue weighted by atomic mass is 10.1. The van der Waals surface area contributed by atoms with Crippen LogP contribution in [0.2, 0.25) is 0 Å². The predicted molar refractivity (Wildman–Crippen MR) is 62.1 cm³/mol. The van der Waals surface area contributed by atoms with E-state index in [1.807, 2.05) is 37.3 Å². The molecule has 0 N–H and O–H groups in total. The van der Waals surface area contributed by atoms with Crippen LogP contribution >= 0.6 is 0 Å². The first-order valence-corrected chi connectivity index (χ1v) is 5.64. The van der Waals surface area contributed by atoms with Gasteiger partial charge >= 0.3 is 5.97 Å². The zero-order valence-corrected chi connectivity index (χ0v) is 9.92. The third-order valence-electron chi connectivity index (χ3n) is 2.99. The van der Waals surface area contributed by atoms with E-state index in [0.717, 1.165) is 5.56 Å². The number of carbonyl (C=O) groups is 2. The lowest BCUT2D eigenvalue weighted by Gasteiger charge is -2.34. The molecule has 4 heteroatoms. The highest BCUT2D eigenvalue weighted by atomic mass is 16.6. The molecule has 0 unspecified atom stereocenters. The fourth-order valence-corrected chi connectivity index (χ4v) is 1.97. The number of hydrogen-bond acceptors (Lipinski definition) is 3. The fourth-order valence-electron chi connectivity index (χ4n) is 1.97. The summed E-state index contributed by atoms with van der Waals surface area (Å²) in [7, 11) is 0. The van der Waals surface area contributed by atoms with Gasteiger partial charge in [0.2, 0.25) is 0 Å². The third kappa shape index (κ3) is 2.30. The van der Waals surface area contributed by atoms with Crippen LogP contribution in [-0.4, -0.2) is 29.4 Å². The Morgan fingerprint density at radius 1 is 1.29 bits per heavy atom. The number of carbonyl (C=O) groups excluding carboxylic acids is 2. The fraction of sp³-hybridized carbons (Fsp3) is 0.385. The van der Waals surface area contributed by atoms with Crippen LogP contribution in [0.5, 0.6) is 0 Å². The lowest BCUT2D eigenvalue weighted by Crippen LogP contribution is -2.49. The standard InChI is InChI=1S/C13H15NO3/c1-9(11-6-4-3-5-7-11)14-8-12(15)17-10(2)13(14)16/h3-7,9-10H,8H2,1-2H3/t9-,10+/m0/s1. The van der Waals surface area contributed by atoms with Gasteiger partial charge in [0, 0.05) is 0 Å². The average Bonchev–Trinajstić information content (AvgIpc) is 2.34. The van der Waals surface area contributed by atoms with E-state index in [2.05, 4.69) is 0 Å². The van der Waals surface area contributed by atoms with Crippen molar-refractivity contribution in [2.24, 2.45) is 0 Å². The third-order valence-corrected chi connectivity index (χ3v) is 2.99. The molecule has 4 nitrogen and oxygen atoms in total. The second kappa shape index (κ2) is 4.57. The van der Waals surface area contributed by atoms with E-state index >= 15 is 0 Å². The number of nitrogens with zero attached hydrogens (tertiary/aromatic N) is 1. The number of ether oxygens (including phenoxy) is 1. The first-order chi connectivity index (χ1) is 8.09. The molecule has 1 aliphatic rings. The smallest absolute Gasteiger partial charge is 0.326 e. The molecular weight excluding hydrogens is 218 g/mol. The highest BCUT2D eigenvalue weighted by molar-refractivity contribution is 5.90. The minimum absolute atomic E-state index is 0.0270. The molecule has 0 aromatic heterocycles. The number of hydrogen-bond donors (Lipinski definition) is 0. The molecule has 1 aromatic carbocycles. The van der Waals surface area contributed by atoms with Crippen molar-refractivity contribution in [3.63, 3.8) is 0 Å². The summed E-state index contributed by atoms with van der Waals surface area (Å²) in [6.45, 7) is 3.54. The zero-order chi connectivity index (χ0) is 12.4. The minimum Gasteiger partial charge on any atom is -0.451 e. The lowest BCUT2D eigenvalue weighted by molar-refractivity contribution is -0.172. The molecule has 0 bridgehead atoms. The second-order valence-electron chi connectivity index (χ2n) is 4.18. The van der Waals surface area contributed by atoms with E-state index < -0.39 is 6.10 Å². The van der Waals surface area contributed by atoms with Crippen LogP contribution in [0.1, 0.15) is 25.5 Å². The normalized spacial score (nSPS) is 22.2. The predicted octanol–water partition coefficient (Wildman–Crippen LogP) is 1.52. The molecule has 1 amide bonds. The van der Waals surface area contributed by atoms with E-state index in [-0.39, 0.29) is 24.5 Å². The van der Waals surface area contributed by atoms with Gasteiger partial charge in [-0.1, -0.05) is 30.3 Å². The quantitative estimate of drug-likeness (QED) is 0.728. The molecule has 0 spiro atoms. The summed E-state index contributed by atoms with van der Waals surface area (Å²) in [5.74, 6) is -0.485. The molecule has 1 saturated heterocycles. The number of cyclic esters (lactones) is 1. The van der Waals surface area contributed by atoms with Crippen molar-refractivity contribution in [3.05, 3.63) is 35.9 Å². The van der Waals surface area contributed by atoms with E-state index in [9.17, 15) is 9.59 Å². The van der Waals surface area contributed by atoms with Crippen LogP contribution in [0, 0.1) is 0 Å². The molecule has 1 aliphatic heterocycles. The van der Waals surface area contributed by atoms with Crippen LogP contribution in [0.4, 0.5) is 0 Å². The van der Waals surface area contributed by atoms with E-state index in [0.29, 0.717) is 0 Å². The molecular formula is C13H15NO3. The van der Waals surface area contributed by atoms with E-state index in [4.69, 9.17) is 4.74 Å². The highest BCUT2D eigenvalue weighted by Crippen LogP contribution is 2.23. The monoisotopic (exact) mass is 233 g/mol. The summed E-state index contributed by atoms with van der Waals surface area (Å²) in [6, 6.07) is 9.54. The zero-order valence-electron chi connectivity index (χ0n) is 9.92. The summed E-state index contributed by atoms with van der Waals surface area (Å²) >= 11 is 0. The second-order valence-corrected chi connectivity index (χ2v) is 4.18. The molecule has 0 saturated carbocycles. The van der Waals surface area contributed by atoms with Gasteiger partial charge in [-0.05, 0) is 19.4 Å². The summed E-state index contributed by atoms with van der Waals surface area (Å²) in [5, 5.41) is 0. The van der Waals surface area contributed by atoms with E-state index in [1.165, 1.54) is 0 Å². The van der Waals surface area contributed by atoms with Gasteiger partial charge in [-0.25, -0.2) is 0 Å². The number of morpholine rings is 1. The van der Waals surface area contributed by atoms with Crippen LogP contribution < -0.4 is 0 Å². The Labute approximate surface area is 100 Å². The Hall–Kier alpha value is -1.84. The van der Waals surface area contributed by atoms with Crippen molar-refractivity contribution < 1.29 is 14.3 Å². The summed E-state index contributed by atoms with van der Waals surface area (Å²) in [6.07, 6.45) is -0.678. The molecule has 90 valence electrons. The molecule has 0 radical (unpaired) electrons. The van der Waals surface area contributed by atoms with Gasteiger partial charge in [0.1, 0.15) is 6.54 Å². The SMILES string of the molecule is C[C@H]1OC(=O)CN([C@@H](C)c2ccccc2)C1=O. The maximum atomic E-state index is 11.9. The molecule has 2 atom stereocenters. The topological polar surface area (TPSA) is 46.6 Å². The summed E-state index contributed by atoms with van der Waals surface area (Å²) in [4.78, 5) is 24.8. The maximum Gasteiger partial charge on any atom is 0.326 e. The molecule has 1 heterocycles. The number of benzene rings is 1. The largest absolute Gasteiger partial charge is 0.451 e. The number of esters is 1. The van der Waals surface area contributed by atoms with Gasteiger partial charge in [0.05, 0.1) is 6.04 Å². The van der Waals surface area contributed by atoms with Gasteiger partial charge in [-0.15, -0.1) is 0 Å². The molecule has 17 heavy (non-hydrogen) atoms. The Balaban J connectivity index is 2.21. The van der Waals surface area contributed by atoms with Crippen molar-refractivity contribution in [1.82, 2.24) is 4.90 Å². The first kappa shape index (κ1) is 11.6. The summed E-state index contributed by atoms with van der Waals surface area (Å²) in [5.41, 5.74) is 1.02. The molecule has 0 aliphatic carbocycles. The first-order valence-electron chi connectivity index (χ1n) is 5.64. The van der Waals surface area contributed by atoms with Crippen molar-refractivity contribution in [3.8, 4) is 0 Å². The maximum absolute atomic E-state index is 11.9. The van der Waals surface area contributed by atoms with Gasteiger partial charge in [0.25, 0.3) is 5.91 Å². The molecule has 1 aromatic rings. The Morgan fingerprint density at radius 2 is 1.94 bits per heavy atom. The summed E-state index contributed by atoms with van der Waals surface area (Å²) < 4.78 is 4.88. The Kier molecular flexibility index (Phi) is 3.13. The van der Waals surface area contributed by atoms with Crippen LogP contribution in [0.15, 0.2) is 30.3 Å². The van der Waals surface area contributed by atoms with Gasteiger partial charge in [0.15, 0.2) is 6.10 Å². The van der Waals surface area contributed by atoms with Gasteiger partial charge in [-0.3, -0.25) is 9.59 Å². The number of amides is 1. The number of rotatable bonds is 2. The van der Waals surface area contributed by atoms with Crippen LogP contribution in [-0.2, 0) is 14.3 Å². The highest BCUT2D eigenvalue weighted by Gasteiger charge is 2.34. The van der Waals surface area contributed by atoms with Gasteiger partial charge in [-0.2, -0.15) is 0 Å². The van der Waals surface area contributed by atoms with Crippen LogP contribution in [0.25, 0.3) is 0 Å². The minimum atomic E-state index is -0.678. The van der Waals surface area contributed by atoms with Gasteiger partial charge < -0.3 is 9.64 Å². The van der Waals surface area contributed by atoms with Crippen molar-refractivity contribution in [2.45, 2.75) is 26.0 Å². The van der Waals surface area contributed by atoms with Crippen molar-refractivity contribution >= 4 is 11.9 Å². The van der Waals surface area contributed by atoms with E-state index in [1.54, 1.807) is 11.8 Å². The van der Waals surface area contributed by atoms with Crippen LogP contribution in [0.3, 0.4) is 0 Å². The van der Waals surface area contributed by atoms with Crippen molar-refractivity contribution in [2.75, 3.05) is 6.54 Å². The Morgan fingerprint density at radius 3 is 2.59 bits per heavy atom. The van der Waals surface area contributed by atoms with Crippen molar-refractivity contribution in [1.29, 1.82) is 0 Å². The average molecular weight is 233 g/mol. The molecule has 2 rings (SSSR count). The Bertz CT molecular complexity index is 430.